The fourth-order valence-corrected chi connectivity index (χ4v) is 2.09. The van der Waals surface area contributed by atoms with Crippen LogP contribution >= 0.6 is 11.6 Å². The molecule has 1 amide bonds. The highest BCUT2D eigenvalue weighted by molar-refractivity contribution is 6.31. The van der Waals surface area contributed by atoms with Crippen LogP contribution in [-0.2, 0) is 0 Å². The molecular weight excluding hydrogens is 254 g/mol. The van der Waals surface area contributed by atoms with E-state index in [4.69, 9.17) is 22.6 Å². The maximum Gasteiger partial charge on any atom is 0.256 e. The van der Waals surface area contributed by atoms with Gasteiger partial charge in [0.2, 0.25) is 0 Å². The number of hydrogen-bond donors (Lipinski definition) is 3. The Morgan fingerprint density at radius 3 is 2.83 bits per heavy atom. The van der Waals surface area contributed by atoms with E-state index in [2.05, 4.69) is 5.43 Å². The number of carbonyl (C=O) groups excluding carboxylic acids is 1. The number of amides is 1. The minimum absolute atomic E-state index is 0.0474. The molecule has 0 heterocycles. The predicted molar refractivity (Wildman–Crippen MR) is 70.4 cm³/mol. The Kier molecular flexibility index (Phi) is 4.06. The van der Waals surface area contributed by atoms with Crippen LogP contribution in [0.25, 0.3) is 0 Å². The zero-order chi connectivity index (χ0) is 13.1. The van der Waals surface area contributed by atoms with Crippen LogP contribution in [0.15, 0.2) is 18.2 Å². The van der Waals surface area contributed by atoms with Gasteiger partial charge in [0, 0.05) is 17.6 Å². The first kappa shape index (κ1) is 13.1. The first-order valence-corrected chi connectivity index (χ1v) is 6.23. The molecule has 4 N–H and O–H groups in total. The Hall–Kier alpha value is -1.30. The molecule has 5 nitrogen and oxygen atoms in total. The van der Waals surface area contributed by atoms with Crippen LogP contribution < -0.4 is 11.3 Å². The van der Waals surface area contributed by atoms with Crippen molar-refractivity contribution in [3.05, 3.63) is 28.8 Å². The molecule has 1 saturated carbocycles. The van der Waals surface area contributed by atoms with Gasteiger partial charge in [-0.3, -0.25) is 10.6 Å². The van der Waals surface area contributed by atoms with Crippen LogP contribution in [0.3, 0.4) is 0 Å². The van der Waals surface area contributed by atoms with Gasteiger partial charge >= 0.3 is 0 Å². The summed E-state index contributed by atoms with van der Waals surface area (Å²) in [5, 5.41) is 9.51. The fraction of sp³-hybridized carbons (Fsp3) is 0.417. The van der Waals surface area contributed by atoms with Gasteiger partial charge in [0.15, 0.2) is 0 Å². The summed E-state index contributed by atoms with van der Waals surface area (Å²) >= 11 is 5.91. The average molecular weight is 270 g/mol. The SMILES string of the molecule is NNc1ccc(Cl)cc1C(=O)N(CCO)C1CC1. The summed E-state index contributed by atoms with van der Waals surface area (Å²) in [5.74, 6) is 5.24. The number of carbonyl (C=O) groups is 1. The van der Waals surface area contributed by atoms with Gasteiger partial charge in [0.1, 0.15) is 0 Å². The lowest BCUT2D eigenvalue weighted by Gasteiger charge is -2.22. The van der Waals surface area contributed by atoms with Crippen LogP contribution in [0, 0.1) is 0 Å². The van der Waals surface area contributed by atoms with E-state index in [0.29, 0.717) is 22.8 Å². The van der Waals surface area contributed by atoms with E-state index < -0.39 is 0 Å². The van der Waals surface area contributed by atoms with Crippen LogP contribution in [0.2, 0.25) is 5.02 Å². The standard InChI is InChI=1S/C12H16ClN3O2/c13-8-1-4-11(15-14)10(7-8)12(18)16(5-6-17)9-2-3-9/h1,4,7,9,15,17H,2-3,5-6,14H2. The molecule has 0 atom stereocenters. The molecule has 98 valence electrons. The van der Waals surface area contributed by atoms with E-state index in [0.717, 1.165) is 12.8 Å². The van der Waals surface area contributed by atoms with E-state index in [-0.39, 0.29) is 18.6 Å². The number of nitrogen functional groups attached to an aromatic ring is 1. The van der Waals surface area contributed by atoms with Crippen molar-refractivity contribution in [2.45, 2.75) is 18.9 Å². The topological polar surface area (TPSA) is 78.6 Å². The van der Waals surface area contributed by atoms with Gasteiger partial charge in [-0.15, -0.1) is 0 Å². The van der Waals surface area contributed by atoms with Gasteiger partial charge in [-0.05, 0) is 31.0 Å². The molecule has 0 saturated heterocycles. The van der Waals surface area contributed by atoms with E-state index in [1.165, 1.54) is 0 Å². The smallest absolute Gasteiger partial charge is 0.256 e. The number of hydrazine groups is 1. The van der Waals surface area contributed by atoms with Crippen molar-refractivity contribution < 1.29 is 9.90 Å². The first-order chi connectivity index (χ1) is 8.67. The molecule has 0 aliphatic heterocycles. The number of anilines is 1. The number of aliphatic hydroxyl groups is 1. The Bertz CT molecular complexity index is 449. The van der Waals surface area contributed by atoms with Crippen molar-refractivity contribution in [2.75, 3.05) is 18.6 Å². The summed E-state index contributed by atoms with van der Waals surface area (Å²) < 4.78 is 0. The van der Waals surface area contributed by atoms with Crippen LogP contribution in [0.1, 0.15) is 23.2 Å². The molecule has 18 heavy (non-hydrogen) atoms. The van der Waals surface area contributed by atoms with Crippen LogP contribution in [-0.4, -0.2) is 35.1 Å². The molecule has 1 aliphatic carbocycles. The second kappa shape index (κ2) is 5.56. The molecule has 0 unspecified atom stereocenters. The molecule has 1 fully saturated rings. The van der Waals surface area contributed by atoms with Crippen molar-refractivity contribution in [3.63, 3.8) is 0 Å². The minimum Gasteiger partial charge on any atom is -0.395 e. The molecule has 0 aromatic heterocycles. The third-order valence-electron chi connectivity index (χ3n) is 2.96. The van der Waals surface area contributed by atoms with Crippen molar-refractivity contribution >= 4 is 23.2 Å². The zero-order valence-electron chi connectivity index (χ0n) is 9.90. The summed E-state index contributed by atoms with van der Waals surface area (Å²) in [5.41, 5.74) is 3.46. The summed E-state index contributed by atoms with van der Waals surface area (Å²) in [6.07, 6.45) is 1.97. The highest BCUT2D eigenvalue weighted by Gasteiger charge is 2.33. The molecular formula is C12H16ClN3O2. The summed E-state index contributed by atoms with van der Waals surface area (Å²) in [4.78, 5) is 14.1. The average Bonchev–Trinajstić information content (AvgIpc) is 3.19. The monoisotopic (exact) mass is 269 g/mol. The molecule has 2 rings (SSSR count). The van der Waals surface area contributed by atoms with Gasteiger partial charge < -0.3 is 15.4 Å². The highest BCUT2D eigenvalue weighted by atomic mass is 35.5. The van der Waals surface area contributed by atoms with Crippen LogP contribution in [0.5, 0.6) is 0 Å². The Balaban J connectivity index is 2.28. The fourth-order valence-electron chi connectivity index (χ4n) is 1.92. The Morgan fingerprint density at radius 1 is 1.56 bits per heavy atom. The Labute approximate surface area is 110 Å². The Morgan fingerprint density at radius 2 is 2.28 bits per heavy atom. The second-order valence-corrected chi connectivity index (χ2v) is 4.72. The van der Waals surface area contributed by atoms with Gasteiger partial charge in [-0.2, -0.15) is 0 Å². The number of benzene rings is 1. The summed E-state index contributed by atoms with van der Waals surface area (Å²) in [6.45, 7) is 0.286. The van der Waals surface area contributed by atoms with E-state index >= 15 is 0 Å². The number of halogens is 1. The lowest BCUT2D eigenvalue weighted by Crippen LogP contribution is -2.36. The number of nitrogens with one attached hydrogen (secondary N) is 1. The number of rotatable bonds is 5. The van der Waals surface area contributed by atoms with Crippen molar-refractivity contribution in [2.24, 2.45) is 5.84 Å². The van der Waals surface area contributed by atoms with Gasteiger partial charge in [-0.25, -0.2) is 0 Å². The molecule has 6 heteroatoms. The largest absolute Gasteiger partial charge is 0.395 e. The summed E-state index contributed by atoms with van der Waals surface area (Å²) in [7, 11) is 0. The van der Waals surface area contributed by atoms with Crippen molar-refractivity contribution in [1.29, 1.82) is 0 Å². The van der Waals surface area contributed by atoms with Gasteiger partial charge in [-0.1, -0.05) is 11.6 Å². The third kappa shape index (κ3) is 2.75. The predicted octanol–water partition coefficient (Wildman–Crippen LogP) is 1.22. The van der Waals surface area contributed by atoms with Crippen molar-refractivity contribution in [3.8, 4) is 0 Å². The maximum atomic E-state index is 12.4. The summed E-state index contributed by atoms with van der Waals surface area (Å²) in [6, 6.07) is 5.15. The minimum atomic E-state index is -0.151. The molecule has 0 spiro atoms. The highest BCUT2D eigenvalue weighted by Crippen LogP contribution is 2.30. The van der Waals surface area contributed by atoms with Gasteiger partial charge in [0.25, 0.3) is 5.91 Å². The zero-order valence-corrected chi connectivity index (χ0v) is 10.7. The first-order valence-electron chi connectivity index (χ1n) is 5.85. The van der Waals surface area contributed by atoms with E-state index in [9.17, 15) is 4.79 Å². The molecule has 0 bridgehead atoms. The van der Waals surface area contributed by atoms with Gasteiger partial charge in [0.05, 0.1) is 17.9 Å². The normalized spacial score (nSPS) is 14.4. The lowest BCUT2D eigenvalue weighted by molar-refractivity contribution is 0.0708. The third-order valence-corrected chi connectivity index (χ3v) is 3.19. The van der Waals surface area contributed by atoms with E-state index in [1.54, 1.807) is 23.1 Å². The van der Waals surface area contributed by atoms with E-state index in [1.807, 2.05) is 0 Å². The molecule has 1 aromatic carbocycles. The molecule has 1 aromatic rings. The molecule has 1 aliphatic rings. The van der Waals surface area contributed by atoms with Crippen molar-refractivity contribution in [1.82, 2.24) is 4.90 Å². The number of nitrogens with zero attached hydrogens (tertiary/aromatic N) is 1. The molecule has 0 radical (unpaired) electrons. The second-order valence-electron chi connectivity index (χ2n) is 4.29. The lowest BCUT2D eigenvalue weighted by atomic mass is 10.1. The maximum absolute atomic E-state index is 12.4. The number of nitrogens with two attached hydrogens (primary N) is 1. The number of hydrogen-bond acceptors (Lipinski definition) is 4. The number of aliphatic hydroxyl groups excluding tert-OH is 1. The van der Waals surface area contributed by atoms with Crippen LogP contribution in [0.4, 0.5) is 5.69 Å². The quantitative estimate of drug-likeness (QED) is 0.555.